The van der Waals surface area contributed by atoms with Gasteiger partial charge in [-0.1, -0.05) is 6.08 Å². The highest BCUT2D eigenvalue weighted by atomic mass is 16.2. The van der Waals surface area contributed by atoms with Crippen molar-refractivity contribution >= 4 is 5.91 Å². The van der Waals surface area contributed by atoms with Gasteiger partial charge in [-0.2, -0.15) is 5.10 Å². The highest BCUT2D eigenvalue weighted by molar-refractivity contribution is 5.92. The average molecular weight is 317 g/mol. The van der Waals surface area contributed by atoms with Crippen molar-refractivity contribution < 1.29 is 4.79 Å². The minimum atomic E-state index is -0.0466. The van der Waals surface area contributed by atoms with Crippen molar-refractivity contribution in [2.75, 3.05) is 32.7 Å². The van der Waals surface area contributed by atoms with Crippen molar-refractivity contribution in [2.24, 2.45) is 0 Å². The summed E-state index contributed by atoms with van der Waals surface area (Å²) in [6.45, 7) is 8.75. The van der Waals surface area contributed by atoms with Crippen LogP contribution in [0, 0.1) is 0 Å². The molecule has 6 nitrogen and oxygen atoms in total. The molecule has 126 valence electrons. The maximum Gasteiger partial charge on any atom is 0.271 e. The van der Waals surface area contributed by atoms with E-state index in [0.717, 1.165) is 58.4 Å². The van der Waals surface area contributed by atoms with Crippen molar-refractivity contribution in [3.8, 4) is 0 Å². The highest BCUT2D eigenvalue weighted by Gasteiger charge is 2.22. The van der Waals surface area contributed by atoms with Gasteiger partial charge in [-0.3, -0.25) is 14.4 Å². The Balaban J connectivity index is 1.50. The number of piperidine rings is 2. The first kappa shape index (κ1) is 16.2. The standard InChI is InChI=1S/C17H27N5O/c1-2-9-21-10-5-14(6-11-21)19-17(23)16-7-12-22(20-16)15-4-3-8-18-13-15/h2,7,12,14-15,18H,1,3-6,8-11,13H2,(H,19,23). The normalized spacial score (nSPS) is 23.6. The molecular weight excluding hydrogens is 290 g/mol. The summed E-state index contributed by atoms with van der Waals surface area (Å²) < 4.78 is 1.94. The number of carbonyl (C=O) groups is 1. The second kappa shape index (κ2) is 7.75. The molecule has 0 aromatic carbocycles. The Morgan fingerprint density at radius 3 is 2.96 bits per heavy atom. The Labute approximate surface area is 137 Å². The first-order chi connectivity index (χ1) is 11.3. The van der Waals surface area contributed by atoms with Crippen molar-refractivity contribution in [3.63, 3.8) is 0 Å². The Kier molecular flexibility index (Phi) is 5.46. The van der Waals surface area contributed by atoms with Gasteiger partial charge < -0.3 is 10.6 Å². The molecule has 0 spiro atoms. The van der Waals surface area contributed by atoms with Crippen LogP contribution in [0.25, 0.3) is 0 Å². The van der Waals surface area contributed by atoms with E-state index in [9.17, 15) is 4.79 Å². The molecule has 0 saturated carbocycles. The van der Waals surface area contributed by atoms with E-state index in [1.54, 1.807) is 0 Å². The van der Waals surface area contributed by atoms with E-state index in [1.807, 2.05) is 23.0 Å². The first-order valence-corrected chi connectivity index (χ1v) is 8.66. The molecular formula is C17H27N5O. The molecule has 2 aliphatic rings. The van der Waals surface area contributed by atoms with Gasteiger partial charge in [0, 0.05) is 38.4 Å². The average Bonchev–Trinajstić information content (AvgIpc) is 3.08. The van der Waals surface area contributed by atoms with Gasteiger partial charge in [0.1, 0.15) is 5.69 Å². The van der Waals surface area contributed by atoms with Gasteiger partial charge in [0.25, 0.3) is 5.91 Å². The van der Waals surface area contributed by atoms with Crippen LogP contribution in [0.3, 0.4) is 0 Å². The molecule has 0 bridgehead atoms. The second-order valence-corrected chi connectivity index (χ2v) is 6.52. The molecule has 2 fully saturated rings. The summed E-state index contributed by atoms with van der Waals surface area (Å²) in [6, 6.07) is 2.45. The number of nitrogens with zero attached hydrogens (tertiary/aromatic N) is 3. The number of likely N-dealkylation sites (tertiary alicyclic amines) is 1. The lowest BCUT2D eigenvalue weighted by Crippen LogP contribution is -2.44. The maximum absolute atomic E-state index is 12.4. The van der Waals surface area contributed by atoms with Crippen LogP contribution in [0.1, 0.15) is 42.2 Å². The predicted octanol–water partition coefficient (Wildman–Crippen LogP) is 1.19. The van der Waals surface area contributed by atoms with Gasteiger partial charge >= 0.3 is 0 Å². The quantitative estimate of drug-likeness (QED) is 0.801. The van der Waals surface area contributed by atoms with Crippen LogP contribution in [0.5, 0.6) is 0 Å². The maximum atomic E-state index is 12.4. The predicted molar refractivity (Wildman–Crippen MR) is 90.5 cm³/mol. The lowest BCUT2D eigenvalue weighted by molar-refractivity contribution is 0.0907. The summed E-state index contributed by atoms with van der Waals surface area (Å²) in [6.07, 6.45) is 8.14. The van der Waals surface area contributed by atoms with E-state index >= 15 is 0 Å². The number of carbonyl (C=O) groups excluding carboxylic acids is 1. The fourth-order valence-corrected chi connectivity index (χ4v) is 3.42. The molecule has 1 aromatic rings. The summed E-state index contributed by atoms with van der Waals surface area (Å²) in [5.41, 5.74) is 0.532. The van der Waals surface area contributed by atoms with Crippen molar-refractivity contribution in [1.82, 2.24) is 25.3 Å². The fourth-order valence-electron chi connectivity index (χ4n) is 3.42. The third kappa shape index (κ3) is 4.20. The number of hydrogen-bond donors (Lipinski definition) is 2. The molecule has 3 rings (SSSR count). The van der Waals surface area contributed by atoms with Crippen LogP contribution in [0.4, 0.5) is 0 Å². The highest BCUT2D eigenvalue weighted by Crippen LogP contribution is 2.16. The molecule has 2 N–H and O–H groups in total. The molecule has 2 aliphatic heterocycles. The molecule has 1 aromatic heterocycles. The van der Waals surface area contributed by atoms with Crippen LogP contribution >= 0.6 is 0 Å². The van der Waals surface area contributed by atoms with Crippen LogP contribution in [-0.2, 0) is 0 Å². The van der Waals surface area contributed by atoms with Crippen molar-refractivity contribution in [3.05, 3.63) is 30.6 Å². The van der Waals surface area contributed by atoms with E-state index in [0.29, 0.717) is 11.7 Å². The lowest BCUT2D eigenvalue weighted by atomic mass is 10.0. The molecule has 1 atom stereocenters. The molecule has 1 unspecified atom stereocenters. The SMILES string of the molecule is C=CCN1CCC(NC(=O)c2ccn(C3CCCNC3)n2)CC1. The zero-order valence-electron chi connectivity index (χ0n) is 13.7. The van der Waals surface area contributed by atoms with Gasteiger partial charge in [-0.15, -0.1) is 6.58 Å². The number of nitrogens with one attached hydrogen (secondary N) is 2. The van der Waals surface area contributed by atoms with E-state index in [2.05, 4.69) is 27.2 Å². The molecule has 3 heterocycles. The number of aromatic nitrogens is 2. The Bertz CT molecular complexity index is 527. The van der Waals surface area contributed by atoms with E-state index in [-0.39, 0.29) is 11.9 Å². The van der Waals surface area contributed by atoms with E-state index in [4.69, 9.17) is 0 Å². The van der Waals surface area contributed by atoms with Crippen LogP contribution in [0.15, 0.2) is 24.9 Å². The third-order valence-corrected chi connectivity index (χ3v) is 4.80. The second-order valence-electron chi connectivity index (χ2n) is 6.52. The zero-order valence-corrected chi connectivity index (χ0v) is 13.7. The molecule has 23 heavy (non-hydrogen) atoms. The topological polar surface area (TPSA) is 62.2 Å². The summed E-state index contributed by atoms with van der Waals surface area (Å²) in [4.78, 5) is 14.7. The third-order valence-electron chi connectivity index (χ3n) is 4.80. The van der Waals surface area contributed by atoms with Gasteiger partial charge in [-0.05, 0) is 38.3 Å². The van der Waals surface area contributed by atoms with Gasteiger partial charge in [0.15, 0.2) is 0 Å². The minimum Gasteiger partial charge on any atom is -0.348 e. The monoisotopic (exact) mass is 317 g/mol. The van der Waals surface area contributed by atoms with Crippen molar-refractivity contribution in [2.45, 2.75) is 37.8 Å². The molecule has 1 amide bonds. The molecule has 6 heteroatoms. The summed E-state index contributed by atoms with van der Waals surface area (Å²) in [5, 5.41) is 11.0. The zero-order chi connectivity index (χ0) is 16.1. The van der Waals surface area contributed by atoms with Gasteiger partial charge in [0.05, 0.1) is 6.04 Å². The molecule has 0 aliphatic carbocycles. The first-order valence-electron chi connectivity index (χ1n) is 8.66. The van der Waals surface area contributed by atoms with Crippen molar-refractivity contribution in [1.29, 1.82) is 0 Å². The lowest BCUT2D eigenvalue weighted by Gasteiger charge is -2.31. The Morgan fingerprint density at radius 1 is 1.43 bits per heavy atom. The summed E-state index contributed by atoms with van der Waals surface area (Å²) in [7, 11) is 0. The fraction of sp³-hybridized carbons (Fsp3) is 0.647. The number of hydrogen-bond acceptors (Lipinski definition) is 4. The number of amides is 1. The molecule has 0 radical (unpaired) electrons. The summed E-state index contributed by atoms with van der Waals surface area (Å²) >= 11 is 0. The van der Waals surface area contributed by atoms with Crippen LogP contribution < -0.4 is 10.6 Å². The Hall–Kier alpha value is -1.66. The van der Waals surface area contributed by atoms with Crippen LogP contribution in [0.2, 0.25) is 0 Å². The van der Waals surface area contributed by atoms with E-state index < -0.39 is 0 Å². The summed E-state index contributed by atoms with van der Waals surface area (Å²) in [5.74, 6) is -0.0466. The van der Waals surface area contributed by atoms with Gasteiger partial charge in [0.2, 0.25) is 0 Å². The minimum absolute atomic E-state index is 0.0466. The smallest absolute Gasteiger partial charge is 0.271 e. The van der Waals surface area contributed by atoms with Crippen LogP contribution in [-0.4, -0.2) is 59.4 Å². The largest absolute Gasteiger partial charge is 0.348 e. The molecule has 2 saturated heterocycles. The van der Waals surface area contributed by atoms with Gasteiger partial charge in [-0.25, -0.2) is 0 Å². The number of rotatable bonds is 5. The Morgan fingerprint density at radius 2 is 2.26 bits per heavy atom. The van der Waals surface area contributed by atoms with E-state index in [1.165, 1.54) is 0 Å².